The van der Waals surface area contributed by atoms with Crippen LogP contribution >= 0.6 is 15.9 Å². The summed E-state index contributed by atoms with van der Waals surface area (Å²) in [4.78, 5) is 11.9. The van der Waals surface area contributed by atoms with Gasteiger partial charge in [0.15, 0.2) is 0 Å². The Morgan fingerprint density at radius 3 is 3.00 bits per heavy atom. The van der Waals surface area contributed by atoms with Gasteiger partial charge in [0.25, 0.3) is 0 Å². The van der Waals surface area contributed by atoms with Crippen molar-refractivity contribution in [2.45, 2.75) is 12.8 Å². The number of ether oxygens (including phenoxy) is 1. The van der Waals surface area contributed by atoms with Crippen molar-refractivity contribution in [2.24, 2.45) is 5.92 Å². The minimum Gasteiger partial charge on any atom is -0.383 e. The fourth-order valence-electron chi connectivity index (χ4n) is 2.19. The van der Waals surface area contributed by atoms with Gasteiger partial charge in [-0.05, 0) is 36.1 Å². The van der Waals surface area contributed by atoms with E-state index in [0.717, 1.165) is 17.3 Å². The van der Waals surface area contributed by atoms with E-state index in [-0.39, 0.29) is 11.8 Å². The lowest BCUT2D eigenvalue weighted by Gasteiger charge is -2.09. The van der Waals surface area contributed by atoms with E-state index in [2.05, 4.69) is 33.4 Å². The maximum atomic E-state index is 11.9. The van der Waals surface area contributed by atoms with Crippen LogP contribution in [0.25, 0.3) is 0 Å². The Kier molecular flexibility index (Phi) is 4.18. The van der Waals surface area contributed by atoms with E-state index in [1.165, 1.54) is 11.1 Å². The van der Waals surface area contributed by atoms with E-state index >= 15 is 0 Å². The first-order valence-electron chi connectivity index (χ1n) is 5.74. The molecule has 4 heteroatoms. The number of hydrogen-bond acceptors (Lipinski definition) is 2. The number of methoxy groups -OCH3 is 1. The van der Waals surface area contributed by atoms with Crippen molar-refractivity contribution >= 4 is 21.8 Å². The summed E-state index contributed by atoms with van der Waals surface area (Å²) in [7, 11) is 1.63. The van der Waals surface area contributed by atoms with Crippen molar-refractivity contribution in [1.29, 1.82) is 0 Å². The van der Waals surface area contributed by atoms with Gasteiger partial charge in [0.2, 0.25) is 5.91 Å². The quantitative estimate of drug-likeness (QED) is 0.863. The zero-order valence-corrected chi connectivity index (χ0v) is 11.4. The highest BCUT2D eigenvalue weighted by atomic mass is 79.9. The topological polar surface area (TPSA) is 38.3 Å². The second-order valence-electron chi connectivity index (χ2n) is 4.30. The molecule has 1 atom stereocenters. The minimum atomic E-state index is 0.0798. The van der Waals surface area contributed by atoms with Crippen LogP contribution in [0.4, 0.5) is 0 Å². The first-order chi connectivity index (χ1) is 8.20. The van der Waals surface area contributed by atoms with Crippen LogP contribution in [0.3, 0.4) is 0 Å². The Morgan fingerprint density at radius 1 is 1.47 bits per heavy atom. The number of carbonyl (C=O) groups is 1. The monoisotopic (exact) mass is 297 g/mol. The highest BCUT2D eigenvalue weighted by molar-refractivity contribution is 9.10. The first-order valence-corrected chi connectivity index (χ1v) is 6.54. The zero-order chi connectivity index (χ0) is 12.3. The van der Waals surface area contributed by atoms with Gasteiger partial charge in [0.1, 0.15) is 0 Å². The number of benzene rings is 1. The van der Waals surface area contributed by atoms with Gasteiger partial charge in [0.05, 0.1) is 6.61 Å². The van der Waals surface area contributed by atoms with Gasteiger partial charge in [-0.3, -0.25) is 4.79 Å². The van der Waals surface area contributed by atoms with E-state index in [0.29, 0.717) is 13.2 Å². The van der Waals surface area contributed by atoms with Crippen LogP contribution in [0.5, 0.6) is 0 Å². The Morgan fingerprint density at radius 2 is 2.24 bits per heavy atom. The van der Waals surface area contributed by atoms with Gasteiger partial charge in [-0.25, -0.2) is 0 Å². The average molecular weight is 298 g/mol. The van der Waals surface area contributed by atoms with Gasteiger partial charge in [-0.2, -0.15) is 0 Å². The summed E-state index contributed by atoms with van der Waals surface area (Å²) in [5.74, 6) is 0.213. The number of hydrogen-bond donors (Lipinski definition) is 1. The Hall–Kier alpha value is -0.870. The molecule has 3 nitrogen and oxygen atoms in total. The summed E-state index contributed by atoms with van der Waals surface area (Å²) in [5, 5.41) is 2.90. The molecule has 0 fully saturated rings. The van der Waals surface area contributed by atoms with Crippen LogP contribution in [0, 0.1) is 5.92 Å². The molecule has 1 aliphatic carbocycles. The molecule has 1 aromatic carbocycles. The molecule has 1 N–H and O–H groups in total. The lowest BCUT2D eigenvalue weighted by molar-refractivity contribution is -0.124. The average Bonchev–Trinajstić information content (AvgIpc) is 2.72. The summed E-state index contributed by atoms with van der Waals surface area (Å²) in [5.41, 5.74) is 2.58. The second-order valence-corrected chi connectivity index (χ2v) is 5.22. The SMILES string of the molecule is COCCNC(=O)C1Cc2ccc(Br)cc2C1. The lowest BCUT2D eigenvalue weighted by Crippen LogP contribution is -2.33. The van der Waals surface area contributed by atoms with E-state index in [9.17, 15) is 4.79 Å². The van der Waals surface area contributed by atoms with Crippen molar-refractivity contribution in [1.82, 2.24) is 5.32 Å². The third-order valence-corrected chi connectivity index (χ3v) is 3.57. The van der Waals surface area contributed by atoms with Crippen molar-refractivity contribution < 1.29 is 9.53 Å². The van der Waals surface area contributed by atoms with Gasteiger partial charge < -0.3 is 10.1 Å². The molecule has 17 heavy (non-hydrogen) atoms. The molecule has 0 heterocycles. The van der Waals surface area contributed by atoms with Crippen molar-refractivity contribution in [3.63, 3.8) is 0 Å². The Labute approximate surface area is 110 Å². The minimum absolute atomic E-state index is 0.0798. The van der Waals surface area contributed by atoms with Crippen molar-refractivity contribution in [3.05, 3.63) is 33.8 Å². The van der Waals surface area contributed by atoms with E-state index in [4.69, 9.17) is 4.74 Å². The molecular weight excluding hydrogens is 282 g/mol. The van der Waals surface area contributed by atoms with Crippen molar-refractivity contribution in [3.8, 4) is 0 Å². The first kappa shape index (κ1) is 12.6. The molecule has 0 saturated heterocycles. The summed E-state index contributed by atoms with van der Waals surface area (Å²) in [6.45, 7) is 1.16. The van der Waals surface area contributed by atoms with Gasteiger partial charge in [0, 0.05) is 24.0 Å². The summed E-state index contributed by atoms with van der Waals surface area (Å²) < 4.78 is 5.99. The van der Waals surface area contributed by atoms with E-state index in [1.807, 2.05) is 6.07 Å². The molecule has 1 aromatic rings. The highest BCUT2D eigenvalue weighted by Gasteiger charge is 2.26. The molecule has 0 saturated carbocycles. The van der Waals surface area contributed by atoms with Crippen LogP contribution in [-0.4, -0.2) is 26.2 Å². The molecule has 2 rings (SSSR count). The van der Waals surface area contributed by atoms with Gasteiger partial charge >= 0.3 is 0 Å². The van der Waals surface area contributed by atoms with Crippen LogP contribution in [0.2, 0.25) is 0 Å². The second kappa shape index (κ2) is 5.65. The molecule has 0 radical (unpaired) electrons. The number of amides is 1. The molecule has 1 amide bonds. The van der Waals surface area contributed by atoms with Crippen LogP contribution in [0.15, 0.2) is 22.7 Å². The van der Waals surface area contributed by atoms with Gasteiger partial charge in [-0.15, -0.1) is 0 Å². The molecular formula is C13H16BrNO2. The predicted molar refractivity (Wildman–Crippen MR) is 69.9 cm³/mol. The zero-order valence-electron chi connectivity index (χ0n) is 9.83. The number of nitrogens with one attached hydrogen (secondary N) is 1. The molecule has 1 aliphatic rings. The maximum absolute atomic E-state index is 11.9. The molecule has 92 valence electrons. The van der Waals surface area contributed by atoms with Gasteiger partial charge in [-0.1, -0.05) is 22.0 Å². The predicted octanol–water partition coefficient (Wildman–Crippen LogP) is 1.93. The molecule has 0 bridgehead atoms. The number of rotatable bonds is 4. The van der Waals surface area contributed by atoms with E-state index in [1.54, 1.807) is 7.11 Å². The summed E-state index contributed by atoms with van der Waals surface area (Å²) in [6.07, 6.45) is 1.69. The fraction of sp³-hybridized carbons (Fsp3) is 0.462. The normalized spacial score (nSPS) is 17.9. The molecule has 0 aromatic heterocycles. The number of fused-ring (bicyclic) bond motifs is 1. The summed E-state index contributed by atoms with van der Waals surface area (Å²) in [6, 6.07) is 6.24. The molecule has 0 spiro atoms. The number of halogens is 1. The largest absolute Gasteiger partial charge is 0.383 e. The Bertz CT molecular complexity index is 420. The molecule has 0 aliphatic heterocycles. The lowest BCUT2D eigenvalue weighted by atomic mass is 10.1. The highest BCUT2D eigenvalue weighted by Crippen LogP contribution is 2.29. The van der Waals surface area contributed by atoms with E-state index < -0.39 is 0 Å². The fourth-order valence-corrected chi connectivity index (χ4v) is 2.60. The standard InChI is InChI=1S/C13H16BrNO2/c1-17-5-4-15-13(16)11-6-9-2-3-12(14)8-10(9)7-11/h2-3,8,11H,4-7H2,1H3,(H,15,16). The van der Waals surface area contributed by atoms with Crippen molar-refractivity contribution in [2.75, 3.05) is 20.3 Å². The Balaban J connectivity index is 1.93. The number of carbonyl (C=O) groups excluding carboxylic acids is 1. The summed E-state index contributed by atoms with van der Waals surface area (Å²) >= 11 is 3.46. The van der Waals surface area contributed by atoms with Crippen LogP contribution < -0.4 is 5.32 Å². The third kappa shape index (κ3) is 3.07. The van der Waals surface area contributed by atoms with Crippen LogP contribution in [0.1, 0.15) is 11.1 Å². The molecule has 1 unspecified atom stereocenters. The van der Waals surface area contributed by atoms with Crippen LogP contribution in [-0.2, 0) is 22.4 Å². The third-order valence-electron chi connectivity index (χ3n) is 3.08. The maximum Gasteiger partial charge on any atom is 0.223 e. The smallest absolute Gasteiger partial charge is 0.223 e.